The summed E-state index contributed by atoms with van der Waals surface area (Å²) in [6.45, 7) is 2.04. The first kappa shape index (κ1) is 10.9. The van der Waals surface area contributed by atoms with Gasteiger partial charge in [-0.2, -0.15) is 0 Å². The maximum absolute atomic E-state index is 4.63. The zero-order valence-electron chi connectivity index (χ0n) is 10.4. The van der Waals surface area contributed by atoms with Crippen LogP contribution in [0.3, 0.4) is 0 Å². The summed E-state index contributed by atoms with van der Waals surface area (Å²) in [6, 6.07) is 6.92. The van der Waals surface area contributed by atoms with Gasteiger partial charge in [0.1, 0.15) is 10.8 Å². The van der Waals surface area contributed by atoms with Crippen molar-refractivity contribution in [2.45, 2.75) is 38.4 Å². The van der Waals surface area contributed by atoms with Crippen molar-refractivity contribution in [3.8, 4) is 0 Å². The van der Waals surface area contributed by atoms with Crippen LogP contribution in [0.15, 0.2) is 22.8 Å². The van der Waals surface area contributed by atoms with E-state index in [1.54, 1.807) is 0 Å². The number of pyridine rings is 1. The highest BCUT2D eigenvalue weighted by atomic mass is 79.9. The van der Waals surface area contributed by atoms with Crippen LogP contribution in [0.5, 0.6) is 0 Å². The minimum absolute atomic E-state index is 0.496. The predicted molar refractivity (Wildman–Crippen MR) is 74.7 cm³/mol. The zero-order valence-corrected chi connectivity index (χ0v) is 11.9. The molecule has 0 aromatic carbocycles. The average molecular weight is 306 g/mol. The van der Waals surface area contributed by atoms with Gasteiger partial charge < -0.3 is 10.2 Å². The monoisotopic (exact) mass is 305 g/mol. The minimum atomic E-state index is 0.496. The Morgan fingerprint density at radius 2 is 2.28 bits per heavy atom. The van der Waals surface area contributed by atoms with E-state index in [1.165, 1.54) is 29.6 Å². The van der Waals surface area contributed by atoms with Crippen LogP contribution in [0.25, 0.3) is 5.70 Å². The molecule has 3 heterocycles. The van der Waals surface area contributed by atoms with E-state index in [2.05, 4.69) is 43.3 Å². The van der Waals surface area contributed by atoms with Gasteiger partial charge in [0.25, 0.3) is 0 Å². The van der Waals surface area contributed by atoms with Gasteiger partial charge >= 0.3 is 0 Å². The van der Waals surface area contributed by atoms with E-state index >= 15 is 0 Å². The van der Waals surface area contributed by atoms with E-state index in [1.807, 2.05) is 13.0 Å². The number of hydrogen-bond acceptors (Lipinski definition) is 3. The largest absolute Gasteiger partial charge is 0.361 e. The third-order valence-corrected chi connectivity index (χ3v) is 5.26. The lowest BCUT2D eigenvalue weighted by Crippen LogP contribution is -2.41. The number of rotatable bonds is 1. The molecule has 3 aliphatic rings. The summed E-state index contributed by atoms with van der Waals surface area (Å²) in [6.07, 6.45) is 4.55. The number of hydrogen-bond donors (Lipinski definition) is 1. The van der Waals surface area contributed by atoms with E-state index in [4.69, 9.17) is 0 Å². The fourth-order valence-corrected chi connectivity index (χ4v) is 4.48. The van der Waals surface area contributed by atoms with Crippen LogP contribution in [-0.4, -0.2) is 22.1 Å². The fraction of sp³-hybridized carbons (Fsp3) is 0.500. The van der Waals surface area contributed by atoms with Crippen LogP contribution in [0, 0.1) is 12.8 Å². The quantitative estimate of drug-likeness (QED) is 0.809. The number of halogens is 1. The molecule has 4 heteroatoms. The number of aromatic nitrogens is 1. The molecule has 18 heavy (non-hydrogen) atoms. The van der Waals surface area contributed by atoms with E-state index in [0.29, 0.717) is 6.17 Å². The predicted octanol–water partition coefficient (Wildman–Crippen LogP) is 2.82. The van der Waals surface area contributed by atoms with Crippen LogP contribution >= 0.6 is 15.9 Å². The Kier molecular flexibility index (Phi) is 2.25. The third kappa shape index (κ3) is 1.38. The molecule has 1 saturated heterocycles. The first-order chi connectivity index (χ1) is 8.74. The highest BCUT2D eigenvalue weighted by molar-refractivity contribution is 9.11. The molecule has 2 fully saturated rings. The first-order valence-electron chi connectivity index (χ1n) is 6.63. The van der Waals surface area contributed by atoms with Gasteiger partial charge in [0.15, 0.2) is 0 Å². The maximum Gasteiger partial charge on any atom is 0.108 e. The van der Waals surface area contributed by atoms with Crippen molar-refractivity contribution in [3.05, 3.63) is 34.2 Å². The molecule has 0 amide bonds. The normalized spacial score (nSPS) is 33.0. The summed E-state index contributed by atoms with van der Waals surface area (Å²) in [5, 5.41) is 3.67. The van der Waals surface area contributed by atoms with Gasteiger partial charge in [-0.25, -0.2) is 0 Å². The lowest BCUT2D eigenvalue weighted by molar-refractivity contribution is 0.203. The Hall–Kier alpha value is -1.03. The number of nitrogens with one attached hydrogen (secondary N) is 1. The summed E-state index contributed by atoms with van der Waals surface area (Å²) in [5.74, 6) is 0.810. The van der Waals surface area contributed by atoms with Gasteiger partial charge in [0, 0.05) is 11.7 Å². The van der Waals surface area contributed by atoms with E-state index < -0.39 is 0 Å². The minimum Gasteiger partial charge on any atom is -0.361 e. The highest BCUT2D eigenvalue weighted by Crippen LogP contribution is 2.49. The van der Waals surface area contributed by atoms with Gasteiger partial charge in [-0.3, -0.25) is 4.98 Å². The van der Waals surface area contributed by atoms with Crippen molar-refractivity contribution in [2.75, 3.05) is 0 Å². The Morgan fingerprint density at radius 3 is 3.06 bits per heavy atom. The standard InChI is InChI=1S/C14H16BrN3/c1-8-3-2-4-11(16-8)12-13(15)18-10-6-5-9(7-10)14(18)17-12/h2-4,9-10,14,17H,5-7H2,1H3. The Bertz CT molecular complexity index is 540. The van der Waals surface area contributed by atoms with E-state index in [0.717, 1.165) is 23.3 Å². The molecule has 1 aromatic heterocycles. The maximum atomic E-state index is 4.63. The molecule has 0 radical (unpaired) electrons. The highest BCUT2D eigenvalue weighted by Gasteiger charge is 2.50. The SMILES string of the molecule is Cc1cccc(C2=C(Br)N3C4CCC(C4)C3N2)n1. The Morgan fingerprint density at radius 1 is 1.39 bits per heavy atom. The van der Waals surface area contributed by atoms with Crippen LogP contribution in [0.2, 0.25) is 0 Å². The summed E-state index contributed by atoms with van der Waals surface area (Å²) >= 11 is 3.78. The molecular formula is C14H16BrN3. The lowest BCUT2D eigenvalue weighted by Gasteiger charge is -2.31. The van der Waals surface area contributed by atoms with Crippen molar-refractivity contribution in [2.24, 2.45) is 5.92 Å². The molecule has 3 nitrogen and oxygen atoms in total. The average Bonchev–Trinajstić information content (AvgIpc) is 3.02. The van der Waals surface area contributed by atoms with Gasteiger partial charge in [0.2, 0.25) is 0 Å². The number of fused-ring (bicyclic) bond motifs is 5. The van der Waals surface area contributed by atoms with Crippen LogP contribution in [-0.2, 0) is 0 Å². The van der Waals surface area contributed by atoms with Crippen molar-refractivity contribution >= 4 is 21.6 Å². The van der Waals surface area contributed by atoms with E-state index in [-0.39, 0.29) is 0 Å². The van der Waals surface area contributed by atoms with Gasteiger partial charge in [-0.05, 0) is 60.2 Å². The van der Waals surface area contributed by atoms with Gasteiger partial charge in [-0.15, -0.1) is 0 Å². The lowest BCUT2D eigenvalue weighted by atomic mass is 10.1. The van der Waals surface area contributed by atoms with Crippen molar-refractivity contribution in [1.82, 2.24) is 15.2 Å². The topological polar surface area (TPSA) is 28.2 Å². The summed E-state index contributed by atoms with van der Waals surface area (Å²) < 4.78 is 1.21. The number of nitrogens with zero attached hydrogens (tertiary/aromatic N) is 2. The van der Waals surface area contributed by atoms with E-state index in [9.17, 15) is 0 Å². The van der Waals surface area contributed by atoms with Crippen LogP contribution in [0.4, 0.5) is 0 Å². The molecule has 1 N–H and O–H groups in total. The first-order valence-corrected chi connectivity index (χ1v) is 7.42. The molecule has 1 aromatic rings. The third-order valence-electron chi connectivity index (χ3n) is 4.45. The molecule has 1 saturated carbocycles. The molecule has 4 rings (SSSR count). The van der Waals surface area contributed by atoms with Crippen LogP contribution < -0.4 is 5.32 Å². The molecule has 0 spiro atoms. The molecule has 1 aliphatic carbocycles. The van der Waals surface area contributed by atoms with Crippen molar-refractivity contribution < 1.29 is 0 Å². The summed E-state index contributed by atoms with van der Waals surface area (Å²) in [7, 11) is 0. The molecular weight excluding hydrogens is 290 g/mol. The molecule has 3 atom stereocenters. The van der Waals surface area contributed by atoms with Crippen LogP contribution in [0.1, 0.15) is 30.7 Å². The smallest absolute Gasteiger partial charge is 0.108 e. The molecule has 94 valence electrons. The second-order valence-corrected chi connectivity index (χ2v) is 6.30. The van der Waals surface area contributed by atoms with Crippen molar-refractivity contribution in [3.63, 3.8) is 0 Å². The number of aryl methyl sites for hydroxylation is 1. The number of piperidine rings is 1. The zero-order chi connectivity index (χ0) is 12.3. The summed E-state index contributed by atoms with van der Waals surface area (Å²) in [4.78, 5) is 7.15. The van der Waals surface area contributed by atoms with Gasteiger partial charge in [0.05, 0.1) is 11.4 Å². The second kappa shape index (κ2) is 3.73. The van der Waals surface area contributed by atoms with Gasteiger partial charge in [-0.1, -0.05) is 6.07 Å². The Labute approximate surface area is 115 Å². The molecule has 3 unspecified atom stereocenters. The fourth-order valence-electron chi connectivity index (χ4n) is 3.65. The summed E-state index contributed by atoms with van der Waals surface area (Å²) in [5.41, 5.74) is 3.29. The second-order valence-electron chi connectivity index (χ2n) is 5.55. The Balaban J connectivity index is 1.74. The van der Waals surface area contributed by atoms with Crippen molar-refractivity contribution in [1.29, 1.82) is 0 Å². The molecule has 2 aliphatic heterocycles. The molecule has 2 bridgehead atoms.